The molecule has 1 N–H and O–H groups in total. The Morgan fingerprint density at radius 1 is 1.04 bits per heavy atom. The minimum Gasteiger partial charge on any atom is -0.508 e. The van der Waals surface area contributed by atoms with Gasteiger partial charge in [-0.15, -0.1) is 6.58 Å². The van der Waals surface area contributed by atoms with E-state index in [2.05, 4.69) is 16.4 Å². The number of phenols is 1. The standard InChI is InChI=1S/C21H25N3O2/c1-2-12-24(19-6-4-3-5-7-19)21(26)17-22-13-15-23(16-14-22)18-8-10-20(25)11-9-18/h2-11,25H,1,12-17H2. The highest BCUT2D eigenvalue weighted by atomic mass is 16.3. The zero-order chi connectivity index (χ0) is 18.4. The molecule has 0 atom stereocenters. The van der Waals surface area contributed by atoms with E-state index in [-0.39, 0.29) is 11.7 Å². The minimum atomic E-state index is 0.0918. The average Bonchev–Trinajstić information content (AvgIpc) is 2.68. The van der Waals surface area contributed by atoms with Crippen LogP contribution in [0.3, 0.4) is 0 Å². The van der Waals surface area contributed by atoms with Gasteiger partial charge in [-0.05, 0) is 36.4 Å². The van der Waals surface area contributed by atoms with E-state index in [1.54, 1.807) is 23.1 Å². The van der Waals surface area contributed by atoms with Crippen LogP contribution in [0.15, 0.2) is 67.3 Å². The number of piperazine rings is 1. The number of carbonyl (C=O) groups is 1. The normalized spacial score (nSPS) is 14.8. The Hall–Kier alpha value is -2.79. The van der Waals surface area contributed by atoms with E-state index < -0.39 is 0 Å². The van der Waals surface area contributed by atoms with Crippen LogP contribution in [0, 0.1) is 0 Å². The SMILES string of the molecule is C=CCN(C(=O)CN1CCN(c2ccc(O)cc2)CC1)c1ccccc1. The maximum absolute atomic E-state index is 12.8. The fraction of sp³-hybridized carbons (Fsp3) is 0.286. The number of rotatable bonds is 6. The van der Waals surface area contributed by atoms with Crippen LogP contribution in [0.2, 0.25) is 0 Å². The zero-order valence-corrected chi connectivity index (χ0v) is 14.9. The lowest BCUT2D eigenvalue weighted by Crippen LogP contribution is -2.50. The van der Waals surface area contributed by atoms with Crippen molar-refractivity contribution in [1.29, 1.82) is 0 Å². The largest absolute Gasteiger partial charge is 0.508 e. The fourth-order valence-electron chi connectivity index (χ4n) is 3.19. The van der Waals surface area contributed by atoms with Crippen LogP contribution in [0.1, 0.15) is 0 Å². The second kappa shape index (κ2) is 8.54. The summed E-state index contributed by atoms with van der Waals surface area (Å²) in [7, 11) is 0. The van der Waals surface area contributed by atoms with Gasteiger partial charge in [0.2, 0.25) is 5.91 Å². The molecule has 1 heterocycles. The molecule has 2 aromatic rings. The summed E-state index contributed by atoms with van der Waals surface area (Å²) in [5.41, 5.74) is 2.01. The fourth-order valence-corrected chi connectivity index (χ4v) is 3.19. The average molecular weight is 351 g/mol. The summed E-state index contributed by atoms with van der Waals surface area (Å²) in [5.74, 6) is 0.371. The van der Waals surface area contributed by atoms with Crippen LogP contribution < -0.4 is 9.80 Å². The molecule has 1 amide bonds. The number of amides is 1. The number of aromatic hydroxyl groups is 1. The molecule has 0 unspecified atom stereocenters. The molecule has 5 nitrogen and oxygen atoms in total. The first-order valence-corrected chi connectivity index (χ1v) is 8.90. The molecule has 1 saturated heterocycles. The van der Waals surface area contributed by atoms with Crippen molar-refractivity contribution >= 4 is 17.3 Å². The molecule has 1 aliphatic rings. The zero-order valence-electron chi connectivity index (χ0n) is 14.9. The number of anilines is 2. The van der Waals surface area contributed by atoms with Crippen LogP contribution in [0.4, 0.5) is 11.4 Å². The lowest BCUT2D eigenvalue weighted by atomic mass is 10.2. The molecule has 136 valence electrons. The molecule has 2 aromatic carbocycles. The first-order valence-electron chi connectivity index (χ1n) is 8.90. The van der Waals surface area contributed by atoms with Gasteiger partial charge in [-0.1, -0.05) is 24.3 Å². The first-order chi connectivity index (χ1) is 12.7. The highest BCUT2D eigenvalue weighted by molar-refractivity contribution is 5.95. The number of phenolic OH excluding ortho intramolecular Hbond substituents is 1. The molecule has 0 radical (unpaired) electrons. The van der Waals surface area contributed by atoms with E-state index in [1.165, 1.54) is 0 Å². The molecular weight excluding hydrogens is 326 g/mol. The second-order valence-corrected chi connectivity index (χ2v) is 6.41. The minimum absolute atomic E-state index is 0.0918. The van der Waals surface area contributed by atoms with E-state index in [9.17, 15) is 9.90 Å². The van der Waals surface area contributed by atoms with Gasteiger partial charge in [-0.2, -0.15) is 0 Å². The summed E-state index contributed by atoms with van der Waals surface area (Å²) in [6, 6.07) is 17.0. The smallest absolute Gasteiger partial charge is 0.241 e. The summed E-state index contributed by atoms with van der Waals surface area (Å²) < 4.78 is 0. The van der Waals surface area contributed by atoms with Crippen LogP contribution in [-0.4, -0.2) is 55.2 Å². The lowest BCUT2D eigenvalue weighted by molar-refractivity contribution is -0.119. The summed E-state index contributed by atoms with van der Waals surface area (Å²) in [5, 5.41) is 9.41. The Morgan fingerprint density at radius 3 is 2.31 bits per heavy atom. The van der Waals surface area contributed by atoms with E-state index >= 15 is 0 Å². The van der Waals surface area contributed by atoms with Crippen LogP contribution in [0.25, 0.3) is 0 Å². The molecule has 1 fully saturated rings. The summed E-state index contributed by atoms with van der Waals surface area (Å²) in [6.45, 7) is 8.10. The Balaban J connectivity index is 1.56. The number of nitrogens with zero attached hydrogens (tertiary/aromatic N) is 3. The Kier molecular flexibility index (Phi) is 5.92. The Labute approximate surface area is 154 Å². The second-order valence-electron chi connectivity index (χ2n) is 6.41. The molecule has 0 bridgehead atoms. The predicted octanol–water partition coefficient (Wildman–Crippen LogP) is 2.73. The van der Waals surface area contributed by atoms with Gasteiger partial charge in [0.1, 0.15) is 5.75 Å². The number of benzene rings is 2. The van der Waals surface area contributed by atoms with Crippen molar-refractivity contribution in [2.45, 2.75) is 0 Å². The third-order valence-corrected chi connectivity index (χ3v) is 4.63. The highest BCUT2D eigenvalue weighted by Crippen LogP contribution is 2.20. The summed E-state index contributed by atoms with van der Waals surface area (Å²) in [6.07, 6.45) is 1.76. The highest BCUT2D eigenvalue weighted by Gasteiger charge is 2.22. The maximum atomic E-state index is 12.8. The van der Waals surface area contributed by atoms with Gasteiger partial charge in [0.25, 0.3) is 0 Å². The van der Waals surface area contributed by atoms with E-state index in [4.69, 9.17) is 0 Å². The van der Waals surface area contributed by atoms with Crippen molar-refractivity contribution < 1.29 is 9.90 Å². The molecule has 26 heavy (non-hydrogen) atoms. The quantitative estimate of drug-likeness (QED) is 0.813. The number of hydrogen-bond acceptors (Lipinski definition) is 4. The monoisotopic (exact) mass is 351 g/mol. The van der Waals surface area contributed by atoms with E-state index in [0.717, 1.165) is 37.6 Å². The van der Waals surface area contributed by atoms with Gasteiger partial charge in [-0.25, -0.2) is 0 Å². The van der Waals surface area contributed by atoms with E-state index in [1.807, 2.05) is 42.5 Å². The molecule has 3 rings (SSSR count). The maximum Gasteiger partial charge on any atom is 0.241 e. The number of hydrogen-bond donors (Lipinski definition) is 1. The molecule has 0 saturated carbocycles. The van der Waals surface area contributed by atoms with Gasteiger partial charge in [0.15, 0.2) is 0 Å². The molecular formula is C21H25N3O2. The lowest BCUT2D eigenvalue weighted by Gasteiger charge is -2.36. The van der Waals surface area contributed by atoms with Crippen molar-refractivity contribution in [3.05, 3.63) is 67.3 Å². The van der Waals surface area contributed by atoms with Crippen LogP contribution in [0.5, 0.6) is 5.75 Å². The number of carbonyl (C=O) groups excluding carboxylic acids is 1. The molecule has 5 heteroatoms. The Morgan fingerprint density at radius 2 is 1.69 bits per heavy atom. The molecule has 0 aliphatic carbocycles. The van der Waals surface area contributed by atoms with Crippen LogP contribution in [-0.2, 0) is 4.79 Å². The van der Waals surface area contributed by atoms with Gasteiger partial charge in [-0.3, -0.25) is 9.69 Å². The van der Waals surface area contributed by atoms with E-state index in [0.29, 0.717) is 13.1 Å². The third-order valence-electron chi connectivity index (χ3n) is 4.63. The molecule has 0 spiro atoms. The van der Waals surface area contributed by atoms with Gasteiger partial charge in [0, 0.05) is 44.1 Å². The van der Waals surface area contributed by atoms with Crippen molar-refractivity contribution in [2.24, 2.45) is 0 Å². The van der Waals surface area contributed by atoms with Gasteiger partial charge < -0.3 is 14.9 Å². The van der Waals surface area contributed by atoms with Crippen molar-refractivity contribution in [3.63, 3.8) is 0 Å². The molecule has 0 aromatic heterocycles. The molecule has 1 aliphatic heterocycles. The predicted molar refractivity (Wildman–Crippen MR) is 106 cm³/mol. The third kappa shape index (κ3) is 4.43. The Bertz CT molecular complexity index is 723. The van der Waals surface area contributed by atoms with Gasteiger partial charge in [0.05, 0.1) is 6.54 Å². The van der Waals surface area contributed by atoms with Crippen LogP contribution >= 0.6 is 0 Å². The summed E-state index contributed by atoms with van der Waals surface area (Å²) in [4.78, 5) is 19.0. The first kappa shape index (κ1) is 18.0. The van der Waals surface area contributed by atoms with Crippen molar-refractivity contribution in [3.8, 4) is 5.75 Å². The van der Waals surface area contributed by atoms with Crippen molar-refractivity contribution in [2.75, 3.05) is 49.1 Å². The van der Waals surface area contributed by atoms with Gasteiger partial charge >= 0.3 is 0 Å². The van der Waals surface area contributed by atoms with Crippen molar-refractivity contribution in [1.82, 2.24) is 4.90 Å². The number of para-hydroxylation sites is 1. The topological polar surface area (TPSA) is 47.0 Å². The summed E-state index contributed by atoms with van der Waals surface area (Å²) >= 11 is 0.